The van der Waals surface area contributed by atoms with E-state index in [4.69, 9.17) is 5.73 Å². The molecule has 0 aromatic heterocycles. The van der Waals surface area contributed by atoms with Crippen LogP contribution in [-0.2, 0) is 16.3 Å². The number of aliphatic imine (C=N–C) groups is 1. The zero-order valence-corrected chi connectivity index (χ0v) is 14.0. The van der Waals surface area contributed by atoms with Crippen molar-refractivity contribution < 1.29 is 12.8 Å². The van der Waals surface area contributed by atoms with Gasteiger partial charge in [0.1, 0.15) is 10.7 Å². The Bertz CT molecular complexity index is 792. The molecule has 0 saturated carbocycles. The molecular weight excluding hydrogens is 329 g/mol. The summed E-state index contributed by atoms with van der Waals surface area (Å²) in [5.74, 6) is -0.875. The van der Waals surface area contributed by atoms with Crippen LogP contribution in [0.5, 0.6) is 0 Å². The summed E-state index contributed by atoms with van der Waals surface area (Å²) in [6.45, 7) is 0.570. The fraction of sp³-hybridized carbons (Fsp3) is 0.235. The molecule has 0 spiro atoms. The number of nitrogens with one attached hydrogen (secondary N) is 1. The Morgan fingerprint density at radius 3 is 2.46 bits per heavy atom. The van der Waals surface area contributed by atoms with Gasteiger partial charge in [-0.15, -0.1) is 0 Å². The van der Waals surface area contributed by atoms with Crippen LogP contribution in [0.2, 0.25) is 0 Å². The lowest BCUT2D eigenvalue weighted by Crippen LogP contribution is -2.33. The number of guanidine groups is 1. The van der Waals surface area contributed by atoms with Gasteiger partial charge in [0.25, 0.3) is 0 Å². The minimum absolute atomic E-state index is 0.0269. The Kier molecular flexibility index (Phi) is 6.31. The summed E-state index contributed by atoms with van der Waals surface area (Å²) in [7, 11) is -3.72. The molecule has 2 aromatic rings. The normalized spacial score (nSPS) is 12.1. The van der Waals surface area contributed by atoms with Crippen LogP contribution in [0, 0.1) is 5.82 Å². The lowest BCUT2D eigenvalue weighted by Gasteiger charge is -2.06. The van der Waals surface area contributed by atoms with E-state index in [0.29, 0.717) is 6.54 Å². The summed E-state index contributed by atoms with van der Waals surface area (Å²) in [5.41, 5.74) is 6.87. The highest BCUT2D eigenvalue weighted by Gasteiger charge is 2.17. The van der Waals surface area contributed by atoms with E-state index in [0.717, 1.165) is 12.5 Å². The Morgan fingerprint density at radius 1 is 1.08 bits per heavy atom. The van der Waals surface area contributed by atoms with Crippen LogP contribution in [-0.4, -0.2) is 33.2 Å². The first kappa shape index (κ1) is 17.9. The molecule has 7 heteroatoms. The van der Waals surface area contributed by atoms with Gasteiger partial charge in [0.2, 0.25) is 0 Å². The number of nitrogens with zero attached hydrogens (tertiary/aromatic N) is 1. The van der Waals surface area contributed by atoms with Crippen LogP contribution in [0.3, 0.4) is 0 Å². The lowest BCUT2D eigenvalue weighted by molar-refractivity contribution is 0.567. The number of nitrogens with two attached hydrogens (primary N) is 1. The molecule has 2 aromatic carbocycles. The van der Waals surface area contributed by atoms with Gasteiger partial charge < -0.3 is 11.1 Å². The Balaban J connectivity index is 1.81. The van der Waals surface area contributed by atoms with Crippen molar-refractivity contribution in [3.05, 3.63) is 66.0 Å². The first-order chi connectivity index (χ1) is 11.5. The van der Waals surface area contributed by atoms with Gasteiger partial charge in [-0.3, -0.25) is 4.99 Å². The standard InChI is InChI=1S/C17H20FN3O2S/c18-15-8-4-5-9-16(15)24(22,23)13-12-21-17(19)20-11-10-14-6-2-1-3-7-14/h1-9H,10-13H2,(H3,19,20,21). The van der Waals surface area contributed by atoms with Crippen molar-refractivity contribution in [1.82, 2.24) is 5.32 Å². The molecule has 0 aliphatic rings. The molecule has 0 atom stereocenters. The molecule has 5 nitrogen and oxygen atoms in total. The Morgan fingerprint density at radius 2 is 1.75 bits per heavy atom. The maximum absolute atomic E-state index is 13.5. The van der Waals surface area contributed by atoms with Gasteiger partial charge in [-0.1, -0.05) is 42.5 Å². The maximum atomic E-state index is 13.5. The van der Waals surface area contributed by atoms with Gasteiger partial charge in [-0.05, 0) is 24.1 Å². The van der Waals surface area contributed by atoms with Gasteiger partial charge in [0, 0.05) is 6.54 Å². The van der Waals surface area contributed by atoms with Gasteiger partial charge in [-0.25, -0.2) is 12.8 Å². The van der Waals surface area contributed by atoms with E-state index in [-0.39, 0.29) is 23.2 Å². The van der Waals surface area contributed by atoms with E-state index in [1.54, 1.807) is 0 Å². The second kappa shape index (κ2) is 8.44. The predicted molar refractivity (Wildman–Crippen MR) is 93.1 cm³/mol. The molecule has 0 fully saturated rings. The van der Waals surface area contributed by atoms with Crippen molar-refractivity contribution in [2.45, 2.75) is 11.3 Å². The smallest absolute Gasteiger partial charge is 0.188 e. The topological polar surface area (TPSA) is 84.5 Å². The van der Waals surface area contributed by atoms with E-state index >= 15 is 0 Å². The average Bonchev–Trinajstić information content (AvgIpc) is 2.56. The highest BCUT2D eigenvalue weighted by Crippen LogP contribution is 2.14. The molecule has 2 rings (SSSR count). The Hall–Kier alpha value is -2.41. The predicted octanol–water partition coefficient (Wildman–Crippen LogP) is 1.75. The largest absolute Gasteiger partial charge is 0.370 e. The van der Waals surface area contributed by atoms with Crippen LogP contribution in [0.4, 0.5) is 4.39 Å². The number of halogens is 1. The molecule has 0 saturated heterocycles. The molecular formula is C17H20FN3O2S. The van der Waals surface area contributed by atoms with Crippen LogP contribution >= 0.6 is 0 Å². The van der Waals surface area contributed by atoms with E-state index in [9.17, 15) is 12.8 Å². The lowest BCUT2D eigenvalue weighted by atomic mass is 10.1. The van der Waals surface area contributed by atoms with E-state index in [2.05, 4.69) is 10.3 Å². The summed E-state index contributed by atoms with van der Waals surface area (Å²) >= 11 is 0. The third-order valence-corrected chi connectivity index (χ3v) is 5.10. The molecule has 0 amide bonds. The fourth-order valence-corrected chi connectivity index (χ4v) is 3.33. The van der Waals surface area contributed by atoms with Gasteiger partial charge in [0.15, 0.2) is 15.8 Å². The van der Waals surface area contributed by atoms with Crippen molar-refractivity contribution in [3.8, 4) is 0 Å². The fourth-order valence-electron chi connectivity index (χ4n) is 2.13. The third-order valence-electron chi connectivity index (χ3n) is 3.38. The first-order valence-corrected chi connectivity index (χ1v) is 9.19. The quantitative estimate of drug-likeness (QED) is 0.589. The summed E-state index contributed by atoms with van der Waals surface area (Å²) in [6, 6.07) is 15.2. The summed E-state index contributed by atoms with van der Waals surface area (Å²) in [4.78, 5) is 3.67. The van der Waals surface area contributed by atoms with E-state index in [1.807, 2.05) is 30.3 Å². The minimum atomic E-state index is -3.72. The van der Waals surface area contributed by atoms with Crippen LogP contribution in [0.25, 0.3) is 0 Å². The molecule has 0 bridgehead atoms. The summed E-state index contributed by atoms with van der Waals surface area (Å²) in [6.07, 6.45) is 0.782. The molecule has 0 unspecified atom stereocenters. The van der Waals surface area contributed by atoms with Crippen LogP contribution < -0.4 is 11.1 Å². The summed E-state index contributed by atoms with van der Waals surface area (Å²) < 4.78 is 37.7. The van der Waals surface area contributed by atoms with E-state index < -0.39 is 15.7 Å². The number of hydrogen-bond donors (Lipinski definition) is 2. The maximum Gasteiger partial charge on any atom is 0.188 e. The third kappa shape index (κ3) is 5.34. The second-order valence-electron chi connectivity index (χ2n) is 5.18. The number of sulfone groups is 1. The molecule has 0 aliphatic carbocycles. The van der Waals surface area contributed by atoms with Crippen molar-refractivity contribution in [3.63, 3.8) is 0 Å². The highest BCUT2D eigenvalue weighted by atomic mass is 32.2. The molecule has 0 heterocycles. The zero-order valence-electron chi connectivity index (χ0n) is 13.2. The molecule has 24 heavy (non-hydrogen) atoms. The van der Waals surface area contributed by atoms with Crippen molar-refractivity contribution in [2.24, 2.45) is 10.7 Å². The molecule has 0 aliphatic heterocycles. The van der Waals surface area contributed by atoms with Crippen LogP contribution in [0.15, 0.2) is 64.5 Å². The van der Waals surface area contributed by atoms with E-state index in [1.165, 1.54) is 23.8 Å². The number of rotatable bonds is 7. The Labute approximate surface area is 141 Å². The van der Waals surface area contributed by atoms with Crippen molar-refractivity contribution >= 4 is 15.8 Å². The minimum Gasteiger partial charge on any atom is -0.370 e. The van der Waals surface area contributed by atoms with Gasteiger partial charge in [0.05, 0.1) is 12.3 Å². The molecule has 128 valence electrons. The number of benzene rings is 2. The first-order valence-electron chi connectivity index (χ1n) is 7.54. The van der Waals surface area contributed by atoms with Gasteiger partial charge >= 0.3 is 0 Å². The second-order valence-corrected chi connectivity index (χ2v) is 7.26. The van der Waals surface area contributed by atoms with Crippen LogP contribution in [0.1, 0.15) is 5.56 Å². The SMILES string of the molecule is NC(=NCCS(=O)(=O)c1ccccc1F)NCCc1ccccc1. The van der Waals surface area contributed by atoms with Crippen molar-refractivity contribution in [2.75, 3.05) is 18.8 Å². The monoisotopic (exact) mass is 349 g/mol. The number of hydrogen-bond acceptors (Lipinski definition) is 3. The highest BCUT2D eigenvalue weighted by molar-refractivity contribution is 7.91. The molecule has 0 radical (unpaired) electrons. The molecule has 3 N–H and O–H groups in total. The average molecular weight is 349 g/mol. The summed E-state index contributed by atoms with van der Waals surface area (Å²) in [5, 5.41) is 2.93. The van der Waals surface area contributed by atoms with Gasteiger partial charge in [-0.2, -0.15) is 0 Å². The van der Waals surface area contributed by atoms with Crippen molar-refractivity contribution in [1.29, 1.82) is 0 Å². The zero-order chi connectivity index (χ0) is 17.4.